The van der Waals surface area contributed by atoms with Gasteiger partial charge in [0.2, 0.25) is 5.91 Å². The first-order valence-electron chi connectivity index (χ1n) is 7.27. The van der Waals surface area contributed by atoms with Gasteiger partial charge in [-0.05, 0) is 30.9 Å². The zero-order chi connectivity index (χ0) is 15.5. The molecule has 1 aliphatic heterocycles. The van der Waals surface area contributed by atoms with Gasteiger partial charge in [0.1, 0.15) is 0 Å². The molecule has 0 fully saturated rings. The van der Waals surface area contributed by atoms with Gasteiger partial charge in [0, 0.05) is 13.1 Å². The zero-order valence-electron chi connectivity index (χ0n) is 12.5. The van der Waals surface area contributed by atoms with Gasteiger partial charge >= 0.3 is 5.97 Å². The summed E-state index contributed by atoms with van der Waals surface area (Å²) in [5.74, 6) is -1.02. The van der Waals surface area contributed by atoms with Gasteiger partial charge in [-0.1, -0.05) is 31.2 Å². The van der Waals surface area contributed by atoms with E-state index in [1.165, 1.54) is 11.1 Å². The van der Waals surface area contributed by atoms with Gasteiger partial charge in [0.05, 0.1) is 11.5 Å². The molecule has 0 spiro atoms. The predicted molar refractivity (Wildman–Crippen MR) is 79.8 cm³/mol. The summed E-state index contributed by atoms with van der Waals surface area (Å²) in [6, 6.07) is 7.74. The number of carboxylic acids is 1. The van der Waals surface area contributed by atoms with Gasteiger partial charge in [0.15, 0.2) is 0 Å². The summed E-state index contributed by atoms with van der Waals surface area (Å²) in [4.78, 5) is 23.5. The fraction of sp³-hybridized carbons (Fsp3) is 0.500. The molecule has 2 atom stereocenters. The lowest BCUT2D eigenvalue weighted by molar-refractivity contribution is -0.148. The summed E-state index contributed by atoms with van der Waals surface area (Å²) in [6.45, 7) is 4.28. The van der Waals surface area contributed by atoms with Crippen LogP contribution >= 0.6 is 0 Å². The fourth-order valence-corrected chi connectivity index (χ4v) is 2.40. The number of aliphatic carboxylic acids is 1. The number of carboxylic acid groups (broad SMARTS) is 1. The molecule has 114 valence electrons. The van der Waals surface area contributed by atoms with Gasteiger partial charge in [-0.15, -0.1) is 0 Å². The van der Waals surface area contributed by atoms with Crippen LogP contribution in [0.3, 0.4) is 0 Å². The molecule has 0 saturated carbocycles. The summed E-state index contributed by atoms with van der Waals surface area (Å²) in [7, 11) is 0. The molecule has 1 aromatic carbocycles. The van der Waals surface area contributed by atoms with Crippen LogP contribution < -0.4 is 10.6 Å². The topological polar surface area (TPSA) is 78.4 Å². The van der Waals surface area contributed by atoms with Gasteiger partial charge < -0.3 is 15.7 Å². The minimum atomic E-state index is -0.914. The average Bonchev–Trinajstić information content (AvgIpc) is 2.51. The van der Waals surface area contributed by atoms with E-state index in [0.717, 1.165) is 0 Å². The maximum absolute atomic E-state index is 12.2. The Bertz CT molecular complexity index is 544. The van der Waals surface area contributed by atoms with E-state index in [9.17, 15) is 14.7 Å². The number of rotatable bonds is 5. The van der Waals surface area contributed by atoms with Crippen molar-refractivity contribution in [2.75, 3.05) is 6.54 Å². The first kappa shape index (κ1) is 15.5. The highest BCUT2D eigenvalue weighted by molar-refractivity contribution is 5.83. The Labute approximate surface area is 124 Å². The van der Waals surface area contributed by atoms with E-state index in [4.69, 9.17) is 0 Å². The van der Waals surface area contributed by atoms with Gasteiger partial charge in [0.25, 0.3) is 0 Å². The maximum Gasteiger partial charge on any atom is 0.311 e. The van der Waals surface area contributed by atoms with E-state index in [1.54, 1.807) is 6.92 Å². The lowest BCUT2D eigenvalue weighted by Gasteiger charge is -2.28. The van der Waals surface area contributed by atoms with Crippen LogP contribution in [0.5, 0.6) is 0 Å². The largest absolute Gasteiger partial charge is 0.481 e. The van der Waals surface area contributed by atoms with E-state index in [1.807, 2.05) is 25.1 Å². The molecule has 1 unspecified atom stereocenters. The van der Waals surface area contributed by atoms with Crippen molar-refractivity contribution in [2.45, 2.75) is 39.3 Å². The third-order valence-corrected chi connectivity index (χ3v) is 4.35. The number of amides is 1. The van der Waals surface area contributed by atoms with Crippen LogP contribution in [-0.2, 0) is 22.6 Å². The molecule has 3 N–H and O–H groups in total. The van der Waals surface area contributed by atoms with Crippen molar-refractivity contribution < 1.29 is 14.7 Å². The van der Waals surface area contributed by atoms with Crippen molar-refractivity contribution in [3.05, 3.63) is 35.4 Å². The number of benzene rings is 1. The van der Waals surface area contributed by atoms with Crippen LogP contribution in [-0.4, -0.2) is 29.6 Å². The zero-order valence-corrected chi connectivity index (χ0v) is 12.5. The second-order valence-electron chi connectivity index (χ2n) is 5.84. The monoisotopic (exact) mass is 290 g/mol. The van der Waals surface area contributed by atoms with Crippen molar-refractivity contribution in [1.82, 2.24) is 10.6 Å². The number of fused-ring (bicyclic) bond motifs is 1. The summed E-state index contributed by atoms with van der Waals surface area (Å²) >= 11 is 0. The lowest BCUT2D eigenvalue weighted by Crippen LogP contribution is -2.50. The normalized spacial score (nSPS) is 20.2. The molecule has 1 amide bonds. The van der Waals surface area contributed by atoms with Crippen LogP contribution in [0.4, 0.5) is 0 Å². The molecule has 0 saturated heterocycles. The smallest absolute Gasteiger partial charge is 0.311 e. The number of nitrogens with one attached hydrogen (secondary N) is 2. The fourth-order valence-electron chi connectivity index (χ4n) is 2.40. The standard InChI is InChI=1S/C16H22N2O3/c1-3-16(2,15(20)21)10-18-14(19)13-8-11-6-4-5-7-12(11)9-17-13/h4-7,13,17H,3,8-10H2,1-2H3,(H,18,19)(H,20,21)/t13-,16?/m0/s1. The Morgan fingerprint density at radius 3 is 2.67 bits per heavy atom. The summed E-state index contributed by atoms with van der Waals surface area (Å²) in [5.41, 5.74) is 1.47. The van der Waals surface area contributed by atoms with Crippen LogP contribution in [0.2, 0.25) is 0 Å². The van der Waals surface area contributed by atoms with Gasteiger partial charge in [-0.3, -0.25) is 9.59 Å². The lowest BCUT2D eigenvalue weighted by atomic mass is 9.87. The Hall–Kier alpha value is -1.88. The molecule has 1 aromatic rings. The quantitative estimate of drug-likeness (QED) is 0.764. The number of carbonyl (C=O) groups is 2. The van der Waals surface area contributed by atoms with Crippen molar-refractivity contribution in [1.29, 1.82) is 0 Å². The number of hydrogen-bond donors (Lipinski definition) is 3. The second-order valence-corrected chi connectivity index (χ2v) is 5.84. The first-order chi connectivity index (χ1) is 9.96. The number of hydrogen-bond acceptors (Lipinski definition) is 3. The maximum atomic E-state index is 12.2. The summed E-state index contributed by atoms with van der Waals surface area (Å²) in [5, 5.41) is 15.2. The molecule has 0 radical (unpaired) electrons. The highest BCUT2D eigenvalue weighted by atomic mass is 16.4. The van der Waals surface area contributed by atoms with Crippen LogP contribution in [0.25, 0.3) is 0 Å². The highest BCUT2D eigenvalue weighted by Crippen LogP contribution is 2.20. The third-order valence-electron chi connectivity index (χ3n) is 4.35. The molecule has 5 nitrogen and oxygen atoms in total. The molecular formula is C16H22N2O3. The minimum Gasteiger partial charge on any atom is -0.481 e. The third kappa shape index (κ3) is 3.42. The summed E-state index contributed by atoms with van der Waals surface area (Å²) in [6.07, 6.45) is 1.11. The Balaban J connectivity index is 1.95. The molecule has 0 aliphatic carbocycles. The Kier molecular flexibility index (Phi) is 4.63. The van der Waals surface area contributed by atoms with Crippen LogP contribution in [0.1, 0.15) is 31.4 Å². The van der Waals surface area contributed by atoms with Crippen molar-refractivity contribution in [3.63, 3.8) is 0 Å². The Morgan fingerprint density at radius 2 is 2.05 bits per heavy atom. The van der Waals surface area contributed by atoms with E-state index in [0.29, 0.717) is 19.4 Å². The second kappa shape index (κ2) is 6.26. The Morgan fingerprint density at radius 1 is 1.38 bits per heavy atom. The van der Waals surface area contributed by atoms with E-state index < -0.39 is 11.4 Å². The van der Waals surface area contributed by atoms with Gasteiger partial charge in [-0.25, -0.2) is 0 Å². The molecule has 0 bridgehead atoms. The first-order valence-corrected chi connectivity index (χ1v) is 7.27. The van der Waals surface area contributed by atoms with Crippen LogP contribution in [0, 0.1) is 5.41 Å². The predicted octanol–water partition coefficient (Wildman–Crippen LogP) is 1.32. The molecule has 1 heterocycles. The van der Waals surface area contributed by atoms with Crippen LogP contribution in [0.15, 0.2) is 24.3 Å². The SMILES string of the molecule is CCC(C)(CNC(=O)[C@@H]1Cc2ccccc2CN1)C(=O)O. The van der Waals surface area contributed by atoms with Crippen molar-refractivity contribution >= 4 is 11.9 Å². The van der Waals surface area contributed by atoms with Gasteiger partial charge in [-0.2, -0.15) is 0 Å². The van der Waals surface area contributed by atoms with Crippen molar-refractivity contribution in [2.24, 2.45) is 5.41 Å². The minimum absolute atomic E-state index is 0.134. The summed E-state index contributed by atoms with van der Waals surface area (Å²) < 4.78 is 0. The van der Waals surface area contributed by atoms with E-state index in [2.05, 4.69) is 16.7 Å². The number of carbonyl (C=O) groups excluding carboxylic acids is 1. The highest BCUT2D eigenvalue weighted by Gasteiger charge is 2.33. The van der Waals surface area contributed by atoms with E-state index >= 15 is 0 Å². The average molecular weight is 290 g/mol. The molecule has 0 aromatic heterocycles. The molecule has 5 heteroatoms. The molecular weight excluding hydrogens is 268 g/mol. The molecule has 21 heavy (non-hydrogen) atoms. The molecule has 2 rings (SSSR count). The molecule has 1 aliphatic rings. The van der Waals surface area contributed by atoms with E-state index in [-0.39, 0.29) is 18.5 Å². The van der Waals surface area contributed by atoms with Crippen molar-refractivity contribution in [3.8, 4) is 0 Å².